The Labute approximate surface area is 163 Å². The SMILES string of the molecule is CC(C)CN1C(O)=C(C(=O)NC2CC2)C(=O)N2NC(Nc3cnccn3)CC12. The second kappa shape index (κ2) is 7.27. The van der Waals surface area contributed by atoms with Gasteiger partial charge in [0.1, 0.15) is 12.0 Å². The quantitative estimate of drug-likeness (QED) is 0.514. The molecule has 4 N–H and O–H groups in total. The summed E-state index contributed by atoms with van der Waals surface area (Å²) in [5.41, 5.74) is 2.90. The summed E-state index contributed by atoms with van der Waals surface area (Å²) >= 11 is 0. The average Bonchev–Trinajstić information content (AvgIpc) is 3.36. The second-order valence-corrected chi connectivity index (χ2v) is 7.80. The standard InChI is InChI=1S/C18H25N7O3/c1-10(2)9-24-14-7-12(22-13-8-19-5-6-20-13)23-25(14)18(28)15(17(24)27)16(26)21-11-3-4-11/h5-6,8,10-12,14,23,27H,3-4,7,9H2,1-2H3,(H,20,22)(H,21,26). The van der Waals surface area contributed by atoms with Gasteiger partial charge >= 0.3 is 0 Å². The molecule has 1 saturated carbocycles. The van der Waals surface area contributed by atoms with Crippen LogP contribution in [0.2, 0.25) is 0 Å². The lowest BCUT2D eigenvalue weighted by Gasteiger charge is -2.40. The molecule has 0 aromatic carbocycles. The fourth-order valence-corrected chi connectivity index (χ4v) is 3.51. The first-order valence-corrected chi connectivity index (χ1v) is 9.57. The largest absolute Gasteiger partial charge is 0.494 e. The lowest BCUT2D eigenvalue weighted by Crippen LogP contribution is -2.58. The van der Waals surface area contributed by atoms with Crippen molar-refractivity contribution < 1.29 is 14.7 Å². The summed E-state index contributed by atoms with van der Waals surface area (Å²) in [6.45, 7) is 4.56. The van der Waals surface area contributed by atoms with Crippen LogP contribution in [0.4, 0.5) is 5.82 Å². The number of amides is 2. The van der Waals surface area contributed by atoms with Crippen molar-refractivity contribution in [3.05, 3.63) is 30.0 Å². The zero-order chi connectivity index (χ0) is 19.8. The van der Waals surface area contributed by atoms with Gasteiger partial charge in [-0.1, -0.05) is 13.8 Å². The third kappa shape index (κ3) is 3.59. The Hall–Kier alpha value is -2.88. The molecule has 2 unspecified atom stereocenters. The van der Waals surface area contributed by atoms with Crippen LogP contribution in [-0.2, 0) is 9.59 Å². The summed E-state index contributed by atoms with van der Waals surface area (Å²) in [5.74, 6) is -0.489. The molecule has 28 heavy (non-hydrogen) atoms. The van der Waals surface area contributed by atoms with Gasteiger partial charge in [0, 0.05) is 31.4 Å². The lowest BCUT2D eigenvalue weighted by molar-refractivity contribution is -0.141. The molecule has 1 aliphatic carbocycles. The van der Waals surface area contributed by atoms with Crippen LogP contribution in [0.15, 0.2) is 30.0 Å². The van der Waals surface area contributed by atoms with Gasteiger partial charge in [-0.25, -0.2) is 15.4 Å². The minimum absolute atomic E-state index is 0.0921. The van der Waals surface area contributed by atoms with Crippen molar-refractivity contribution in [2.75, 3.05) is 11.9 Å². The van der Waals surface area contributed by atoms with E-state index in [1.165, 1.54) is 5.01 Å². The van der Waals surface area contributed by atoms with Gasteiger partial charge < -0.3 is 20.6 Å². The Kier molecular flexibility index (Phi) is 4.80. The molecule has 1 saturated heterocycles. The van der Waals surface area contributed by atoms with Gasteiger partial charge in [0.05, 0.1) is 12.4 Å². The van der Waals surface area contributed by atoms with Crippen molar-refractivity contribution in [3.63, 3.8) is 0 Å². The van der Waals surface area contributed by atoms with Crippen molar-refractivity contribution >= 4 is 17.6 Å². The first-order chi connectivity index (χ1) is 13.4. The molecule has 0 radical (unpaired) electrons. The minimum Gasteiger partial charge on any atom is -0.494 e. The maximum atomic E-state index is 13.0. The Balaban J connectivity index is 1.58. The summed E-state index contributed by atoms with van der Waals surface area (Å²) in [6, 6.07) is 0.0921. The third-order valence-electron chi connectivity index (χ3n) is 4.91. The van der Waals surface area contributed by atoms with Gasteiger partial charge in [0.25, 0.3) is 11.8 Å². The fourth-order valence-electron chi connectivity index (χ4n) is 3.51. The number of hydrogen-bond acceptors (Lipinski definition) is 8. The Morgan fingerprint density at radius 1 is 1.39 bits per heavy atom. The van der Waals surface area contributed by atoms with Crippen LogP contribution in [0.1, 0.15) is 33.1 Å². The predicted molar refractivity (Wildman–Crippen MR) is 100 cm³/mol. The smallest absolute Gasteiger partial charge is 0.281 e. The summed E-state index contributed by atoms with van der Waals surface area (Å²) in [6.07, 6.45) is 6.37. The van der Waals surface area contributed by atoms with Crippen LogP contribution >= 0.6 is 0 Å². The van der Waals surface area contributed by atoms with E-state index in [4.69, 9.17) is 0 Å². The van der Waals surface area contributed by atoms with Gasteiger partial charge in [0.15, 0.2) is 5.57 Å². The van der Waals surface area contributed by atoms with Crippen LogP contribution in [0.5, 0.6) is 0 Å². The van der Waals surface area contributed by atoms with Gasteiger partial charge in [-0.3, -0.25) is 14.6 Å². The normalized spacial score (nSPS) is 24.6. The van der Waals surface area contributed by atoms with E-state index in [-0.39, 0.29) is 29.6 Å². The molecule has 0 bridgehead atoms. The zero-order valence-electron chi connectivity index (χ0n) is 15.9. The van der Waals surface area contributed by atoms with Gasteiger partial charge in [-0.15, -0.1) is 0 Å². The zero-order valence-corrected chi connectivity index (χ0v) is 15.9. The molecule has 2 amide bonds. The minimum atomic E-state index is -0.524. The monoisotopic (exact) mass is 387 g/mol. The number of nitrogens with one attached hydrogen (secondary N) is 3. The molecule has 150 valence electrons. The van der Waals surface area contributed by atoms with Crippen molar-refractivity contribution in [2.24, 2.45) is 5.92 Å². The topological polar surface area (TPSA) is 123 Å². The van der Waals surface area contributed by atoms with E-state index in [1.54, 1.807) is 23.5 Å². The van der Waals surface area contributed by atoms with Gasteiger partial charge in [-0.2, -0.15) is 0 Å². The van der Waals surface area contributed by atoms with Crippen LogP contribution in [0.3, 0.4) is 0 Å². The molecule has 0 spiro atoms. The van der Waals surface area contributed by atoms with E-state index in [0.29, 0.717) is 18.8 Å². The maximum absolute atomic E-state index is 13.0. The molecule has 10 nitrogen and oxygen atoms in total. The third-order valence-corrected chi connectivity index (χ3v) is 4.91. The number of aliphatic hydroxyl groups is 1. The summed E-state index contributed by atoms with van der Waals surface area (Å²) in [7, 11) is 0. The number of carbonyl (C=O) groups excluding carboxylic acids is 2. The predicted octanol–water partition coefficient (Wildman–Crippen LogP) is 0.297. The summed E-state index contributed by atoms with van der Waals surface area (Å²) in [5, 5.41) is 18.2. The van der Waals surface area contributed by atoms with Crippen LogP contribution < -0.4 is 16.1 Å². The number of carbonyl (C=O) groups is 2. The molecule has 1 aromatic heterocycles. The molecule has 10 heteroatoms. The van der Waals surface area contributed by atoms with E-state index in [9.17, 15) is 14.7 Å². The highest BCUT2D eigenvalue weighted by Gasteiger charge is 2.48. The number of hydrazine groups is 1. The highest BCUT2D eigenvalue weighted by atomic mass is 16.3. The molecule has 1 aromatic rings. The second-order valence-electron chi connectivity index (χ2n) is 7.80. The van der Waals surface area contributed by atoms with Gasteiger partial charge in [0.2, 0.25) is 5.88 Å². The Morgan fingerprint density at radius 2 is 2.18 bits per heavy atom. The summed E-state index contributed by atoms with van der Waals surface area (Å²) in [4.78, 5) is 35.5. The van der Waals surface area contributed by atoms with E-state index >= 15 is 0 Å². The Morgan fingerprint density at radius 3 is 2.82 bits per heavy atom. The molecule has 4 rings (SSSR count). The number of aliphatic hydroxyl groups excluding tert-OH is 1. The van der Waals surface area contributed by atoms with Crippen LogP contribution in [0.25, 0.3) is 0 Å². The number of fused-ring (bicyclic) bond motifs is 1. The van der Waals surface area contributed by atoms with E-state index < -0.39 is 18.0 Å². The van der Waals surface area contributed by atoms with Crippen molar-refractivity contribution in [1.29, 1.82) is 0 Å². The van der Waals surface area contributed by atoms with Crippen molar-refractivity contribution in [3.8, 4) is 0 Å². The van der Waals surface area contributed by atoms with E-state index in [0.717, 1.165) is 12.8 Å². The maximum Gasteiger partial charge on any atom is 0.281 e. The molecular formula is C18H25N7O3. The number of hydrogen-bond donors (Lipinski definition) is 4. The first-order valence-electron chi connectivity index (χ1n) is 9.57. The average molecular weight is 387 g/mol. The van der Waals surface area contributed by atoms with Crippen LogP contribution in [0, 0.1) is 5.92 Å². The highest BCUT2D eigenvalue weighted by Crippen LogP contribution is 2.31. The number of rotatable bonds is 6. The molecule has 2 aliphatic heterocycles. The molecular weight excluding hydrogens is 362 g/mol. The summed E-state index contributed by atoms with van der Waals surface area (Å²) < 4.78 is 0. The molecule has 3 aliphatic rings. The molecule has 2 atom stereocenters. The van der Waals surface area contributed by atoms with Crippen LogP contribution in [-0.4, -0.2) is 61.7 Å². The van der Waals surface area contributed by atoms with Crippen molar-refractivity contribution in [1.82, 2.24) is 30.6 Å². The molecule has 3 heterocycles. The van der Waals surface area contributed by atoms with Gasteiger partial charge in [-0.05, 0) is 18.8 Å². The highest BCUT2D eigenvalue weighted by molar-refractivity contribution is 6.19. The first kappa shape index (κ1) is 18.5. The van der Waals surface area contributed by atoms with Crippen molar-refractivity contribution in [2.45, 2.75) is 51.5 Å². The lowest BCUT2D eigenvalue weighted by atomic mass is 10.1. The number of anilines is 1. The Bertz CT molecular complexity index is 794. The van der Waals surface area contributed by atoms with E-state index in [1.807, 2.05) is 13.8 Å². The molecule has 2 fully saturated rings. The fraction of sp³-hybridized carbons (Fsp3) is 0.556. The van der Waals surface area contributed by atoms with E-state index in [2.05, 4.69) is 26.0 Å². The number of aromatic nitrogens is 2. The number of nitrogens with zero attached hydrogens (tertiary/aromatic N) is 4.